The molecular weight excluding hydrogens is 248 g/mol. The van der Waals surface area contributed by atoms with Gasteiger partial charge in [0.2, 0.25) is 5.91 Å². The van der Waals surface area contributed by atoms with Crippen molar-refractivity contribution in [2.24, 2.45) is 5.92 Å². The number of carbonyl (C=O) groups excluding carboxylic acids is 3. The molecule has 0 bridgehead atoms. The van der Waals surface area contributed by atoms with Crippen LogP contribution in [0.3, 0.4) is 0 Å². The molecule has 106 valence electrons. The van der Waals surface area contributed by atoms with Crippen molar-refractivity contribution in [1.82, 2.24) is 20.4 Å². The molecule has 0 aliphatic carbocycles. The highest BCUT2D eigenvalue weighted by Crippen LogP contribution is 2.12. The van der Waals surface area contributed by atoms with Gasteiger partial charge in [0, 0.05) is 19.6 Å². The van der Waals surface area contributed by atoms with Crippen LogP contribution in [0.25, 0.3) is 0 Å². The zero-order valence-electron chi connectivity index (χ0n) is 11.3. The summed E-state index contributed by atoms with van der Waals surface area (Å²) in [4.78, 5) is 37.4. The van der Waals surface area contributed by atoms with Crippen molar-refractivity contribution in [3.8, 4) is 0 Å². The Kier molecular flexibility index (Phi) is 4.04. The van der Waals surface area contributed by atoms with Gasteiger partial charge in [-0.25, -0.2) is 4.79 Å². The lowest BCUT2D eigenvalue weighted by atomic mass is 9.95. The molecule has 0 saturated carbocycles. The van der Waals surface area contributed by atoms with Gasteiger partial charge in [-0.15, -0.1) is 0 Å². The van der Waals surface area contributed by atoms with Crippen molar-refractivity contribution < 1.29 is 14.4 Å². The van der Waals surface area contributed by atoms with Crippen LogP contribution in [0, 0.1) is 5.92 Å². The highest BCUT2D eigenvalue weighted by atomic mass is 16.2. The lowest BCUT2D eigenvalue weighted by molar-refractivity contribution is -0.131. The van der Waals surface area contributed by atoms with Gasteiger partial charge in [-0.1, -0.05) is 6.92 Å². The molecule has 7 nitrogen and oxygen atoms in total. The van der Waals surface area contributed by atoms with Crippen LogP contribution in [-0.2, 0) is 9.59 Å². The third-order valence-corrected chi connectivity index (χ3v) is 3.71. The number of imide groups is 1. The molecule has 2 saturated heterocycles. The number of hydrogen-bond acceptors (Lipinski definition) is 4. The summed E-state index contributed by atoms with van der Waals surface area (Å²) >= 11 is 0. The third kappa shape index (κ3) is 3.04. The molecule has 0 aromatic heterocycles. The predicted molar refractivity (Wildman–Crippen MR) is 68.3 cm³/mol. The van der Waals surface area contributed by atoms with Crippen LogP contribution in [-0.4, -0.2) is 66.9 Å². The molecule has 4 amide bonds. The van der Waals surface area contributed by atoms with Crippen LogP contribution in [0.1, 0.15) is 13.3 Å². The first-order chi connectivity index (χ1) is 8.99. The molecule has 2 atom stereocenters. The van der Waals surface area contributed by atoms with Gasteiger partial charge in [0.15, 0.2) is 0 Å². The Morgan fingerprint density at radius 3 is 2.79 bits per heavy atom. The minimum absolute atomic E-state index is 0.0491. The van der Waals surface area contributed by atoms with E-state index in [1.807, 2.05) is 0 Å². The van der Waals surface area contributed by atoms with E-state index in [9.17, 15) is 14.4 Å². The maximum absolute atomic E-state index is 11.9. The maximum Gasteiger partial charge on any atom is 0.327 e. The van der Waals surface area contributed by atoms with Gasteiger partial charge in [0.1, 0.15) is 13.1 Å². The van der Waals surface area contributed by atoms with Gasteiger partial charge in [-0.2, -0.15) is 0 Å². The normalized spacial score (nSPS) is 27.9. The molecule has 2 rings (SSSR count). The van der Waals surface area contributed by atoms with Gasteiger partial charge >= 0.3 is 6.03 Å². The number of amides is 4. The van der Waals surface area contributed by atoms with Crippen molar-refractivity contribution in [3.05, 3.63) is 0 Å². The molecule has 0 aromatic carbocycles. The van der Waals surface area contributed by atoms with Gasteiger partial charge in [0.25, 0.3) is 5.91 Å². The first-order valence-corrected chi connectivity index (χ1v) is 6.54. The summed E-state index contributed by atoms with van der Waals surface area (Å²) in [5.41, 5.74) is 0. The average Bonchev–Trinajstić information content (AvgIpc) is 2.59. The Balaban J connectivity index is 1.87. The number of urea groups is 1. The number of nitrogens with zero attached hydrogens (tertiary/aromatic N) is 2. The van der Waals surface area contributed by atoms with Crippen LogP contribution < -0.4 is 10.6 Å². The van der Waals surface area contributed by atoms with Crippen LogP contribution in [0.15, 0.2) is 0 Å². The molecule has 2 heterocycles. The third-order valence-electron chi connectivity index (χ3n) is 3.71. The molecule has 2 unspecified atom stereocenters. The second-order valence-corrected chi connectivity index (χ2v) is 5.26. The van der Waals surface area contributed by atoms with Crippen molar-refractivity contribution in [2.75, 3.05) is 33.2 Å². The first kappa shape index (κ1) is 13.8. The largest absolute Gasteiger partial charge is 0.350 e. The Hall–Kier alpha value is -1.63. The summed E-state index contributed by atoms with van der Waals surface area (Å²) in [5.74, 6) is -0.201. The van der Waals surface area contributed by atoms with E-state index in [0.29, 0.717) is 5.92 Å². The van der Waals surface area contributed by atoms with Crippen LogP contribution in [0.5, 0.6) is 0 Å². The summed E-state index contributed by atoms with van der Waals surface area (Å²) in [6.45, 7) is 3.64. The monoisotopic (exact) mass is 268 g/mol. The van der Waals surface area contributed by atoms with Crippen molar-refractivity contribution in [1.29, 1.82) is 0 Å². The molecule has 2 N–H and O–H groups in total. The predicted octanol–water partition coefficient (Wildman–Crippen LogP) is -1.01. The Morgan fingerprint density at radius 2 is 2.21 bits per heavy atom. The topological polar surface area (TPSA) is 81.8 Å². The zero-order chi connectivity index (χ0) is 14.0. The zero-order valence-corrected chi connectivity index (χ0v) is 11.3. The molecule has 0 radical (unpaired) electrons. The smallest absolute Gasteiger partial charge is 0.327 e. The molecular formula is C12H20N4O3. The summed E-state index contributed by atoms with van der Waals surface area (Å²) in [6.07, 6.45) is 1.01. The minimum Gasteiger partial charge on any atom is -0.350 e. The number of rotatable bonds is 3. The molecule has 2 fully saturated rings. The lowest BCUT2D eigenvalue weighted by Crippen LogP contribution is -2.52. The Labute approximate surface area is 112 Å². The number of likely N-dealkylation sites (N-methyl/N-ethyl adjacent to an activating group) is 1. The fourth-order valence-corrected chi connectivity index (χ4v) is 2.40. The van der Waals surface area contributed by atoms with Gasteiger partial charge in [-0.3, -0.25) is 14.5 Å². The summed E-state index contributed by atoms with van der Waals surface area (Å²) < 4.78 is 0. The standard InChI is InChI=1S/C12H20N4O3/c1-8-3-4-13-5-9(8)14-10(17)6-16-11(18)7-15(2)12(16)19/h8-9,13H,3-7H2,1-2H3,(H,14,17). The summed E-state index contributed by atoms with van der Waals surface area (Å²) in [5, 5.41) is 6.10. The SMILES string of the molecule is CC1CCNCC1NC(=O)CN1C(=O)CN(C)C1=O. The molecule has 2 aliphatic rings. The van der Waals surface area contributed by atoms with Gasteiger partial charge in [-0.05, 0) is 18.9 Å². The Morgan fingerprint density at radius 1 is 1.47 bits per heavy atom. The first-order valence-electron chi connectivity index (χ1n) is 6.54. The average molecular weight is 268 g/mol. The van der Waals surface area contributed by atoms with E-state index in [1.54, 1.807) is 7.05 Å². The van der Waals surface area contributed by atoms with Crippen molar-refractivity contribution >= 4 is 17.8 Å². The number of nitrogens with one attached hydrogen (secondary N) is 2. The van der Waals surface area contributed by atoms with E-state index in [1.165, 1.54) is 4.90 Å². The van der Waals surface area contributed by atoms with Crippen LogP contribution >= 0.6 is 0 Å². The Bertz CT molecular complexity index is 398. The van der Waals surface area contributed by atoms with E-state index in [0.717, 1.165) is 24.4 Å². The molecule has 2 aliphatic heterocycles. The lowest BCUT2D eigenvalue weighted by Gasteiger charge is -2.30. The fourth-order valence-electron chi connectivity index (χ4n) is 2.40. The number of piperidine rings is 1. The fraction of sp³-hybridized carbons (Fsp3) is 0.750. The molecule has 19 heavy (non-hydrogen) atoms. The molecule has 0 spiro atoms. The highest BCUT2D eigenvalue weighted by Gasteiger charge is 2.35. The number of hydrogen-bond donors (Lipinski definition) is 2. The quantitative estimate of drug-likeness (QED) is 0.643. The number of carbonyl (C=O) groups is 3. The van der Waals surface area contributed by atoms with E-state index in [2.05, 4.69) is 17.6 Å². The van der Waals surface area contributed by atoms with Gasteiger partial charge in [0.05, 0.1) is 0 Å². The second kappa shape index (κ2) is 5.56. The van der Waals surface area contributed by atoms with Crippen LogP contribution in [0.2, 0.25) is 0 Å². The van der Waals surface area contributed by atoms with Crippen molar-refractivity contribution in [2.45, 2.75) is 19.4 Å². The van der Waals surface area contributed by atoms with E-state index >= 15 is 0 Å². The van der Waals surface area contributed by atoms with Crippen molar-refractivity contribution in [3.63, 3.8) is 0 Å². The minimum atomic E-state index is -0.407. The van der Waals surface area contributed by atoms with Gasteiger partial charge < -0.3 is 15.5 Å². The van der Waals surface area contributed by atoms with E-state index in [-0.39, 0.29) is 30.9 Å². The maximum atomic E-state index is 11.9. The highest BCUT2D eigenvalue weighted by molar-refractivity contribution is 6.04. The summed E-state index contributed by atoms with van der Waals surface area (Å²) in [7, 11) is 1.55. The van der Waals surface area contributed by atoms with E-state index in [4.69, 9.17) is 0 Å². The second-order valence-electron chi connectivity index (χ2n) is 5.26. The summed E-state index contributed by atoms with van der Waals surface area (Å²) in [6, 6.07) is -0.346. The van der Waals surface area contributed by atoms with E-state index < -0.39 is 6.03 Å². The molecule has 0 aromatic rings. The van der Waals surface area contributed by atoms with Crippen LogP contribution in [0.4, 0.5) is 4.79 Å². The molecule has 7 heteroatoms.